The third-order valence-corrected chi connectivity index (χ3v) is 4.22. The molecule has 0 bridgehead atoms. The molecule has 0 saturated heterocycles. The molecule has 0 aliphatic heterocycles. The highest BCUT2D eigenvalue weighted by Gasteiger charge is 2.26. The number of nitrogens with one attached hydrogen (secondary N) is 1. The Labute approximate surface area is 122 Å². The lowest BCUT2D eigenvalue weighted by molar-refractivity contribution is 0.246. The highest BCUT2D eigenvalue weighted by molar-refractivity contribution is 5.30. The van der Waals surface area contributed by atoms with Gasteiger partial charge in [-0.15, -0.1) is 0 Å². The molecule has 2 nitrogen and oxygen atoms in total. The van der Waals surface area contributed by atoms with Gasteiger partial charge in [-0.2, -0.15) is 0 Å². The molecule has 0 heterocycles. The van der Waals surface area contributed by atoms with Gasteiger partial charge in [0.15, 0.2) is 11.6 Å². The SMILES string of the molecule is CCCNCC(CC)(CC)Cc1ccc(OC)c(F)c1. The lowest BCUT2D eigenvalue weighted by atomic mass is 9.77. The van der Waals surface area contributed by atoms with Crippen LogP contribution in [0.1, 0.15) is 45.6 Å². The van der Waals surface area contributed by atoms with E-state index in [1.54, 1.807) is 12.1 Å². The van der Waals surface area contributed by atoms with Gasteiger partial charge in [0.1, 0.15) is 0 Å². The minimum Gasteiger partial charge on any atom is -0.494 e. The van der Waals surface area contributed by atoms with Crippen molar-refractivity contribution in [2.75, 3.05) is 20.2 Å². The van der Waals surface area contributed by atoms with Crippen molar-refractivity contribution in [1.82, 2.24) is 5.32 Å². The molecule has 0 aliphatic rings. The van der Waals surface area contributed by atoms with Crippen molar-refractivity contribution < 1.29 is 9.13 Å². The van der Waals surface area contributed by atoms with E-state index in [-0.39, 0.29) is 11.2 Å². The van der Waals surface area contributed by atoms with Crippen LogP contribution in [0.15, 0.2) is 18.2 Å². The number of methoxy groups -OCH3 is 1. The second-order valence-corrected chi connectivity index (χ2v) is 5.53. The van der Waals surface area contributed by atoms with Crippen LogP contribution in [0.3, 0.4) is 0 Å². The molecule has 0 unspecified atom stereocenters. The molecular formula is C17H28FNO. The van der Waals surface area contributed by atoms with Gasteiger partial charge in [-0.1, -0.05) is 26.8 Å². The Bertz CT molecular complexity index is 402. The fourth-order valence-electron chi connectivity index (χ4n) is 2.60. The van der Waals surface area contributed by atoms with E-state index in [9.17, 15) is 4.39 Å². The first-order valence-electron chi connectivity index (χ1n) is 7.64. The lowest BCUT2D eigenvalue weighted by Gasteiger charge is -2.32. The van der Waals surface area contributed by atoms with Crippen molar-refractivity contribution in [3.05, 3.63) is 29.6 Å². The summed E-state index contributed by atoms with van der Waals surface area (Å²) < 4.78 is 18.8. The smallest absolute Gasteiger partial charge is 0.165 e. The van der Waals surface area contributed by atoms with E-state index in [1.807, 2.05) is 6.07 Å². The highest BCUT2D eigenvalue weighted by Crippen LogP contribution is 2.31. The van der Waals surface area contributed by atoms with Gasteiger partial charge in [-0.25, -0.2) is 4.39 Å². The Morgan fingerprint density at radius 2 is 1.90 bits per heavy atom. The average Bonchev–Trinajstić information content (AvgIpc) is 2.46. The Hall–Kier alpha value is -1.09. The number of halogens is 1. The molecule has 0 saturated carbocycles. The van der Waals surface area contributed by atoms with Gasteiger partial charge < -0.3 is 10.1 Å². The second-order valence-electron chi connectivity index (χ2n) is 5.53. The van der Waals surface area contributed by atoms with Crippen LogP contribution in [0, 0.1) is 11.2 Å². The Balaban J connectivity index is 2.81. The van der Waals surface area contributed by atoms with E-state index in [2.05, 4.69) is 26.1 Å². The van der Waals surface area contributed by atoms with Gasteiger partial charge in [0, 0.05) is 6.54 Å². The summed E-state index contributed by atoms with van der Waals surface area (Å²) in [6.45, 7) is 8.64. The topological polar surface area (TPSA) is 21.3 Å². The fraction of sp³-hybridized carbons (Fsp3) is 0.647. The van der Waals surface area contributed by atoms with Crippen molar-refractivity contribution in [1.29, 1.82) is 0 Å². The molecule has 1 rings (SSSR count). The molecule has 114 valence electrons. The normalized spacial score (nSPS) is 11.7. The van der Waals surface area contributed by atoms with Crippen molar-refractivity contribution in [2.45, 2.75) is 46.5 Å². The van der Waals surface area contributed by atoms with Gasteiger partial charge >= 0.3 is 0 Å². The maximum atomic E-state index is 13.8. The molecule has 0 amide bonds. The highest BCUT2D eigenvalue weighted by atomic mass is 19.1. The summed E-state index contributed by atoms with van der Waals surface area (Å²) in [5, 5.41) is 3.52. The van der Waals surface area contributed by atoms with Gasteiger partial charge in [-0.3, -0.25) is 0 Å². The minimum atomic E-state index is -0.271. The summed E-state index contributed by atoms with van der Waals surface area (Å²) in [7, 11) is 1.50. The number of hydrogen-bond donors (Lipinski definition) is 1. The maximum absolute atomic E-state index is 13.8. The van der Waals surface area contributed by atoms with Crippen LogP contribution >= 0.6 is 0 Å². The standard InChI is InChI=1S/C17H28FNO/c1-5-10-19-13-17(6-2,7-3)12-14-8-9-16(20-4)15(18)11-14/h8-9,11,19H,5-7,10,12-13H2,1-4H3. The molecule has 0 atom stereocenters. The van der Waals surface area contributed by atoms with E-state index >= 15 is 0 Å². The van der Waals surface area contributed by atoms with Crippen molar-refractivity contribution in [3.8, 4) is 5.75 Å². The summed E-state index contributed by atoms with van der Waals surface area (Å²) >= 11 is 0. The molecule has 20 heavy (non-hydrogen) atoms. The Morgan fingerprint density at radius 3 is 2.40 bits per heavy atom. The maximum Gasteiger partial charge on any atom is 0.165 e. The van der Waals surface area contributed by atoms with Crippen LogP contribution in [0.5, 0.6) is 5.75 Å². The zero-order valence-corrected chi connectivity index (χ0v) is 13.3. The van der Waals surface area contributed by atoms with Gasteiger partial charge in [-0.05, 0) is 55.3 Å². The largest absolute Gasteiger partial charge is 0.494 e. The third kappa shape index (κ3) is 4.48. The van der Waals surface area contributed by atoms with Crippen LogP contribution in [-0.2, 0) is 6.42 Å². The second kappa shape index (κ2) is 8.25. The van der Waals surface area contributed by atoms with Gasteiger partial charge in [0.25, 0.3) is 0 Å². The summed E-state index contributed by atoms with van der Waals surface area (Å²) in [4.78, 5) is 0. The fourth-order valence-corrected chi connectivity index (χ4v) is 2.60. The van der Waals surface area contributed by atoms with Crippen molar-refractivity contribution in [3.63, 3.8) is 0 Å². The molecule has 3 heteroatoms. The molecule has 0 fully saturated rings. The zero-order chi connectivity index (χ0) is 15.0. The molecule has 1 N–H and O–H groups in total. The number of hydrogen-bond acceptors (Lipinski definition) is 2. The van der Waals surface area contributed by atoms with E-state index < -0.39 is 0 Å². The van der Waals surface area contributed by atoms with Gasteiger partial charge in [0.05, 0.1) is 7.11 Å². The molecule has 0 aliphatic carbocycles. The number of rotatable bonds is 9. The van der Waals surface area contributed by atoms with Crippen LogP contribution in [0.2, 0.25) is 0 Å². The number of ether oxygens (including phenoxy) is 1. The summed E-state index contributed by atoms with van der Waals surface area (Å²) in [5.41, 5.74) is 1.25. The molecule has 0 radical (unpaired) electrons. The van der Waals surface area contributed by atoms with Crippen LogP contribution in [0.25, 0.3) is 0 Å². The predicted molar refractivity (Wildman–Crippen MR) is 82.8 cm³/mol. The molecule has 1 aromatic rings. The van der Waals surface area contributed by atoms with E-state index in [0.29, 0.717) is 5.75 Å². The average molecular weight is 281 g/mol. The van der Waals surface area contributed by atoms with Crippen molar-refractivity contribution in [2.24, 2.45) is 5.41 Å². The monoisotopic (exact) mass is 281 g/mol. The molecule has 0 spiro atoms. The predicted octanol–water partition coefficient (Wildman–Crippen LogP) is 4.18. The first kappa shape index (κ1) is 17.0. The minimum absolute atomic E-state index is 0.205. The summed E-state index contributed by atoms with van der Waals surface area (Å²) in [6, 6.07) is 5.31. The Kier molecular flexibility index (Phi) is 7.00. The third-order valence-electron chi connectivity index (χ3n) is 4.22. The van der Waals surface area contributed by atoms with E-state index in [0.717, 1.165) is 44.3 Å². The van der Waals surface area contributed by atoms with E-state index in [4.69, 9.17) is 4.74 Å². The van der Waals surface area contributed by atoms with E-state index in [1.165, 1.54) is 7.11 Å². The van der Waals surface area contributed by atoms with Crippen LogP contribution < -0.4 is 10.1 Å². The molecule has 0 aromatic heterocycles. The first-order chi connectivity index (χ1) is 9.60. The Morgan fingerprint density at radius 1 is 1.20 bits per heavy atom. The zero-order valence-electron chi connectivity index (χ0n) is 13.3. The molecule has 1 aromatic carbocycles. The van der Waals surface area contributed by atoms with Crippen LogP contribution in [0.4, 0.5) is 4.39 Å². The molecular weight excluding hydrogens is 253 g/mol. The van der Waals surface area contributed by atoms with Crippen LogP contribution in [-0.4, -0.2) is 20.2 Å². The summed E-state index contributed by atoms with van der Waals surface area (Å²) in [5.74, 6) is 0.0454. The van der Waals surface area contributed by atoms with Crippen molar-refractivity contribution >= 4 is 0 Å². The number of benzene rings is 1. The first-order valence-corrected chi connectivity index (χ1v) is 7.64. The quantitative estimate of drug-likeness (QED) is 0.686. The lowest BCUT2D eigenvalue weighted by Crippen LogP contribution is -2.35. The summed E-state index contributed by atoms with van der Waals surface area (Å²) in [6.07, 6.45) is 4.22. The van der Waals surface area contributed by atoms with Gasteiger partial charge in [0.2, 0.25) is 0 Å².